The van der Waals surface area contributed by atoms with Gasteiger partial charge in [-0.15, -0.1) is 0 Å². The van der Waals surface area contributed by atoms with E-state index >= 15 is 0 Å². The lowest BCUT2D eigenvalue weighted by Gasteiger charge is -2.40. The molecule has 4 atom stereocenters. The molecule has 4 heterocycles. The van der Waals surface area contributed by atoms with E-state index in [9.17, 15) is 23.8 Å². The first-order chi connectivity index (χ1) is 20.8. The first-order valence-electron chi connectivity index (χ1n) is 14.7. The predicted molar refractivity (Wildman–Crippen MR) is 157 cm³/mol. The number of hydrogen-bond acceptors (Lipinski definition) is 8. The fourth-order valence-electron chi connectivity index (χ4n) is 5.78. The van der Waals surface area contributed by atoms with Crippen LogP contribution >= 0.6 is 0 Å². The maximum atomic E-state index is 14.0. The number of pyridine rings is 2. The van der Waals surface area contributed by atoms with Gasteiger partial charge in [0.25, 0.3) is 0 Å². The van der Waals surface area contributed by atoms with Crippen molar-refractivity contribution in [3.8, 4) is 5.88 Å². The molecule has 9 nitrogen and oxygen atoms in total. The van der Waals surface area contributed by atoms with Crippen LogP contribution in [0, 0.1) is 11.6 Å². The minimum absolute atomic E-state index is 0.0624. The second-order valence-corrected chi connectivity index (χ2v) is 11.2. The molecule has 0 saturated carbocycles. The molecule has 0 aliphatic carbocycles. The molecule has 0 unspecified atom stereocenters. The minimum Gasteiger partial charge on any atom is -0.481 e. The molecule has 2 aromatic heterocycles. The number of carbonyl (C=O) groups excluding carboxylic acids is 1. The average molecular weight is 597 g/mol. The summed E-state index contributed by atoms with van der Waals surface area (Å²) in [6.45, 7) is 1.34. The van der Waals surface area contributed by atoms with Crippen LogP contribution in [0.25, 0.3) is 17.1 Å². The molecule has 0 spiro atoms. The summed E-state index contributed by atoms with van der Waals surface area (Å²) in [6, 6.07) is 8.48. The van der Waals surface area contributed by atoms with Crippen LogP contribution in [0.3, 0.4) is 0 Å². The number of hydrogen-bond donors (Lipinski definition) is 3. The lowest BCUT2D eigenvalue weighted by Crippen LogP contribution is -2.52. The van der Waals surface area contributed by atoms with Gasteiger partial charge in [-0.2, -0.15) is 0 Å². The van der Waals surface area contributed by atoms with E-state index in [1.165, 1.54) is 6.08 Å². The summed E-state index contributed by atoms with van der Waals surface area (Å²) in [5, 5.41) is 24.5. The zero-order valence-corrected chi connectivity index (χ0v) is 24.2. The first kappa shape index (κ1) is 30.9. The van der Waals surface area contributed by atoms with Crippen LogP contribution < -0.4 is 10.1 Å². The van der Waals surface area contributed by atoms with Gasteiger partial charge in [0, 0.05) is 49.9 Å². The lowest BCUT2D eigenvalue weighted by molar-refractivity contribution is -0.147. The van der Waals surface area contributed by atoms with Crippen molar-refractivity contribution in [1.82, 2.24) is 20.2 Å². The van der Waals surface area contributed by atoms with E-state index < -0.39 is 36.1 Å². The lowest BCUT2D eigenvalue weighted by atomic mass is 9.91. The Bertz CT molecular complexity index is 1430. The van der Waals surface area contributed by atoms with Gasteiger partial charge >= 0.3 is 0 Å². The van der Waals surface area contributed by atoms with Crippen LogP contribution in [-0.2, 0) is 16.0 Å². The maximum absolute atomic E-state index is 14.0. The molecular weight excluding hydrogens is 558 g/mol. The second-order valence-electron chi connectivity index (χ2n) is 11.2. The predicted octanol–water partition coefficient (Wildman–Crippen LogP) is 3.41. The molecule has 2 aliphatic heterocycles. The Morgan fingerprint density at radius 3 is 2.79 bits per heavy atom. The van der Waals surface area contributed by atoms with Gasteiger partial charge in [-0.05, 0) is 61.6 Å². The third kappa shape index (κ3) is 7.91. The van der Waals surface area contributed by atoms with Crippen LogP contribution in [0.1, 0.15) is 43.2 Å². The summed E-state index contributed by atoms with van der Waals surface area (Å²) < 4.78 is 39.2. The smallest absolute Gasteiger partial charge is 0.225 e. The van der Waals surface area contributed by atoms with Crippen LogP contribution in [0.15, 0.2) is 48.7 Å². The minimum atomic E-state index is -0.849. The topological polar surface area (TPSA) is 117 Å². The quantitative estimate of drug-likeness (QED) is 0.326. The Morgan fingerprint density at radius 1 is 1.19 bits per heavy atom. The number of ether oxygens (including phenoxy) is 2. The molecule has 3 aromatic rings. The molecular formula is C32H38F2N4O5. The fraction of sp³-hybridized carbons (Fsp3) is 0.469. The largest absolute Gasteiger partial charge is 0.481 e. The van der Waals surface area contributed by atoms with Crippen molar-refractivity contribution < 1.29 is 33.3 Å². The third-order valence-electron chi connectivity index (χ3n) is 8.22. The van der Waals surface area contributed by atoms with Crippen molar-refractivity contribution >= 4 is 23.0 Å². The Kier molecular flexibility index (Phi) is 10.3. The standard InChI is InChI=1S/C32H38F2N4O5/c1-42-30-9-7-26-32(37-30)21(10-14-36-26)18-27(40)28-8-6-25(35-13-2-3-20-17-22(33)4-5-24(20)34)29(43-28)19-31(41)38-15-11-23(39)12-16-38/h2-5,7,9-10,14,17,23,25,27-29,35,39-40H,6,8,11-13,15-16,18-19H2,1H3/t25-,27+,28+,29-/m1/s1. The van der Waals surface area contributed by atoms with Crippen molar-refractivity contribution in [1.29, 1.82) is 0 Å². The number of nitrogens with one attached hydrogen (secondary N) is 1. The van der Waals surface area contributed by atoms with E-state index in [-0.39, 0.29) is 30.4 Å². The molecule has 3 N–H and O–H groups in total. The van der Waals surface area contributed by atoms with Crippen molar-refractivity contribution in [3.63, 3.8) is 0 Å². The number of aliphatic hydroxyl groups is 2. The molecule has 2 aliphatic rings. The first-order valence-corrected chi connectivity index (χ1v) is 14.7. The molecule has 43 heavy (non-hydrogen) atoms. The monoisotopic (exact) mass is 596 g/mol. The number of rotatable bonds is 10. The number of methoxy groups -OCH3 is 1. The SMILES string of the molecule is COc1ccc2nccc(C[C@H](O)[C@@H]3CC[C@@H](NCC=Cc4cc(F)ccc4F)[C@@H](CC(=O)N4CCC(O)CC4)O3)c2n1. The highest BCUT2D eigenvalue weighted by Crippen LogP contribution is 2.28. The van der Waals surface area contributed by atoms with Crippen LogP contribution in [0.2, 0.25) is 0 Å². The number of halogens is 2. The van der Waals surface area contributed by atoms with E-state index in [4.69, 9.17) is 9.47 Å². The molecule has 2 fully saturated rings. The van der Waals surface area contributed by atoms with Crippen molar-refractivity contribution in [2.45, 2.75) is 69.0 Å². The summed E-state index contributed by atoms with van der Waals surface area (Å²) in [4.78, 5) is 23.9. The molecule has 2 saturated heterocycles. The molecule has 1 amide bonds. The number of carbonyl (C=O) groups is 1. The number of aromatic nitrogens is 2. The highest BCUT2D eigenvalue weighted by atomic mass is 19.1. The van der Waals surface area contributed by atoms with Crippen molar-refractivity contribution in [2.75, 3.05) is 26.7 Å². The highest BCUT2D eigenvalue weighted by molar-refractivity contribution is 5.78. The molecule has 0 radical (unpaired) electrons. The summed E-state index contributed by atoms with van der Waals surface area (Å²) in [7, 11) is 1.54. The van der Waals surface area contributed by atoms with Gasteiger partial charge in [-0.1, -0.05) is 12.2 Å². The van der Waals surface area contributed by atoms with E-state index in [1.807, 2.05) is 12.1 Å². The van der Waals surface area contributed by atoms with Gasteiger partial charge in [-0.3, -0.25) is 9.78 Å². The summed E-state index contributed by atoms with van der Waals surface area (Å²) in [6.07, 6.45) is 5.33. The Hall–Kier alpha value is -3.51. The van der Waals surface area contributed by atoms with Gasteiger partial charge < -0.3 is 29.9 Å². The average Bonchev–Trinajstić information content (AvgIpc) is 3.01. The normalized spacial score (nSPS) is 22.3. The number of aliphatic hydroxyl groups excluding tert-OH is 2. The van der Waals surface area contributed by atoms with Crippen molar-refractivity contribution in [2.24, 2.45) is 0 Å². The number of piperidine rings is 1. The van der Waals surface area contributed by atoms with Gasteiger partial charge in [-0.25, -0.2) is 13.8 Å². The van der Waals surface area contributed by atoms with E-state index in [0.717, 1.165) is 23.8 Å². The second kappa shape index (κ2) is 14.3. The fourth-order valence-corrected chi connectivity index (χ4v) is 5.78. The maximum Gasteiger partial charge on any atom is 0.225 e. The summed E-state index contributed by atoms with van der Waals surface area (Å²) in [5.41, 5.74) is 2.31. The van der Waals surface area contributed by atoms with Crippen molar-refractivity contribution in [3.05, 3.63) is 71.4 Å². The van der Waals surface area contributed by atoms with Gasteiger partial charge in [0.1, 0.15) is 11.6 Å². The number of nitrogens with zero attached hydrogens (tertiary/aromatic N) is 3. The van der Waals surface area contributed by atoms with Crippen LogP contribution in [0.4, 0.5) is 8.78 Å². The highest BCUT2D eigenvalue weighted by Gasteiger charge is 2.37. The zero-order chi connectivity index (χ0) is 30.3. The van der Waals surface area contributed by atoms with Gasteiger partial charge in [0.15, 0.2) is 0 Å². The van der Waals surface area contributed by atoms with Crippen LogP contribution in [0.5, 0.6) is 5.88 Å². The number of amides is 1. The zero-order valence-electron chi connectivity index (χ0n) is 24.2. The van der Waals surface area contributed by atoms with E-state index in [1.54, 1.807) is 30.3 Å². The summed E-state index contributed by atoms with van der Waals surface area (Å²) in [5.74, 6) is -0.635. The Morgan fingerprint density at radius 2 is 2.00 bits per heavy atom. The molecule has 5 rings (SSSR count). The van der Waals surface area contributed by atoms with E-state index in [0.29, 0.717) is 62.2 Å². The van der Waals surface area contributed by atoms with E-state index in [2.05, 4.69) is 15.3 Å². The number of benzene rings is 1. The molecule has 0 bridgehead atoms. The van der Waals surface area contributed by atoms with Crippen LogP contribution in [-0.4, -0.2) is 88.2 Å². The van der Waals surface area contributed by atoms with Gasteiger partial charge in [0.05, 0.1) is 49.0 Å². The number of likely N-dealkylation sites (tertiary alicyclic amines) is 1. The molecule has 11 heteroatoms. The molecule has 1 aromatic carbocycles. The van der Waals surface area contributed by atoms with Gasteiger partial charge in [0.2, 0.25) is 11.8 Å². The number of fused-ring (bicyclic) bond motifs is 1. The Labute approximate surface area is 249 Å². The summed E-state index contributed by atoms with van der Waals surface area (Å²) >= 11 is 0. The third-order valence-corrected chi connectivity index (χ3v) is 8.22. The Balaban J connectivity index is 1.26. The molecule has 230 valence electrons.